The lowest BCUT2D eigenvalue weighted by Gasteiger charge is -2.35. The highest BCUT2D eigenvalue weighted by Crippen LogP contribution is 2.31. The van der Waals surface area contributed by atoms with Crippen LogP contribution < -0.4 is 5.32 Å². The summed E-state index contributed by atoms with van der Waals surface area (Å²) in [5.74, 6) is 0.880. The highest BCUT2D eigenvalue weighted by atomic mass is 32.2. The van der Waals surface area contributed by atoms with Gasteiger partial charge in [-0.25, -0.2) is 0 Å². The van der Waals surface area contributed by atoms with Crippen LogP contribution in [-0.4, -0.2) is 33.9 Å². The van der Waals surface area contributed by atoms with Crippen molar-refractivity contribution in [3.63, 3.8) is 0 Å². The highest BCUT2D eigenvalue weighted by molar-refractivity contribution is 8.00. The highest BCUT2D eigenvalue weighted by Gasteiger charge is 2.32. The summed E-state index contributed by atoms with van der Waals surface area (Å²) in [5, 5.41) is 13.3. The van der Waals surface area contributed by atoms with Crippen molar-refractivity contribution in [2.75, 3.05) is 12.3 Å². The molecule has 1 fully saturated rings. The number of thioether (sulfide) groups is 1. The Balaban J connectivity index is 1.72. The first-order valence-corrected chi connectivity index (χ1v) is 8.08. The molecule has 5 heteroatoms. The van der Waals surface area contributed by atoms with Gasteiger partial charge in [-0.1, -0.05) is 19.8 Å². The fourth-order valence-corrected chi connectivity index (χ4v) is 3.40. The number of nitrogens with one attached hydrogen (secondary N) is 1. The van der Waals surface area contributed by atoms with Gasteiger partial charge in [0.05, 0.1) is 11.4 Å². The molecule has 1 saturated carbocycles. The molecule has 2 N–H and O–H groups in total. The van der Waals surface area contributed by atoms with Gasteiger partial charge >= 0.3 is 0 Å². The summed E-state index contributed by atoms with van der Waals surface area (Å²) in [6, 6.07) is 3.77. The molecule has 110 valence electrons. The average molecular weight is 294 g/mol. The topological polar surface area (TPSA) is 62.2 Å². The van der Waals surface area contributed by atoms with Crippen molar-refractivity contribution in [2.45, 2.75) is 43.1 Å². The third-order valence-electron chi connectivity index (χ3n) is 3.70. The third-order valence-corrected chi connectivity index (χ3v) is 4.71. The zero-order valence-electron chi connectivity index (χ0n) is 11.8. The van der Waals surface area contributed by atoms with Crippen molar-refractivity contribution >= 4 is 17.7 Å². The van der Waals surface area contributed by atoms with Crippen molar-refractivity contribution in [2.24, 2.45) is 5.92 Å². The van der Waals surface area contributed by atoms with E-state index in [1.165, 1.54) is 18.2 Å². The van der Waals surface area contributed by atoms with Crippen LogP contribution in [0.3, 0.4) is 0 Å². The molecule has 0 aliphatic heterocycles. The quantitative estimate of drug-likeness (QED) is 0.818. The predicted octanol–water partition coefficient (Wildman–Crippen LogP) is 2.23. The average Bonchev–Trinajstić information content (AvgIpc) is 2.44. The maximum atomic E-state index is 11.8. The Morgan fingerprint density at radius 1 is 1.55 bits per heavy atom. The predicted molar refractivity (Wildman–Crippen MR) is 80.6 cm³/mol. The summed E-state index contributed by atoms with van der Waals surface area (Å²) >= 11 is 1.48. The Labute approximate surface area is 124 Å². The van der Waals surface area contributed by atoms with Gasteiger partial charge in [0.15, 0.2) is 0 Å². The summed E-state index contributed by atoms with van der Waals surface area (Å²) in [4.78, 5) is 16.8. The monoisotopic (exact) mass is 294 g/mol. The maximum Gasteiger partial charge on any atom is 0.230 e. The van der Waals surface area contributed by atoms with E-state index in [0.717, 1.165) is 24.2 Å². The van der Waals surface area contributed by atoms with E-state index in [-0.39, 0.29) is 5.91 Å². The van der Waals surface area contributed by atoms with E-state index in [0.29, 0.717) is 18.2 Å². The second kappa shape index (κ2) is 7.09. The normalized spacial score (nSPS) is 26.2. The van der Waals surface area contributed by atoms with Crippen molar-refractivity contribution in [3.05, 3.63) is 24.5 Å². The van der Waals surface area contributed by atoms with E-state index in [1.807, 2.05) is 12.1 Å². The first kappa shape index (κ1) is 15.3. The molecule has 2 atom stereocenters. The lowest BCUT2D eigenvalue weighted by molar-refractivity contribution is -0.120. The minimum absolute atomic E-state index is 0.0292. The lowest BCUT2D eigenvalue weighted by atomic mass is 9.79. The molecule has 1 aliphatic carbocycles. The van der Waals surface area contributed by atoms with E-state index in [9.17, 15) is 9.90 Å². The number of aromatic nitrogens is 1. The van der Waals surface area contributed by atoms with Crippen LogP contribution in [0.2, 0.25) is 0 Å². The van der Waals surface area contributed by atoms with Crippen LogP contribution >= 0.6 is 11.8 Å². The van der Waals surface area contributed by atoms with Crippen LogP contribution in [-0.2, 0) is 4.79 Å². The zero-order valence-corrected chi connectivity index (χ0v) is 12.7. The molecule has 20 heavy (non-hydrogen) atoms. The Bertz CT molecular complexity index is 441. The van der Waals surface area contributed by atoms with Gasteiger partial charge in [-0.2, -0.15) is 0 Å². The van der Waals surface area contributed by atoms with E-state index in [4.69, 9.17) is 0 Å². The summed E-state index contributed by atoms with van der Waals surface area (Å²) in [7, 11) is 0. The van der Waals surface area contributed by atoms with Crippen molar-refractivity contribution in [3.8, 4) is 0 Å². The summed E-state index contributed by atoms with van der Waals surface area (Å²) in [5.41, 5.74) is -0.714. The first-order chi connectivity index (χ1) is 9.57. The standard InChI is InChI=1S/C15H22N2O2S/c1-12-3-2-6-15(19,9-12)11-17-14(18)10-20-13-4-7-16-8-5-13/h4-5,7-8,12,19H,2-3,6,9-11H2,1H3,(H,17,18). The summed E-state index contributed by atoms with van der Waals surface area (Å²) in [6.45, 7) is 2.53. The molecule has 0 saturated heterocycles. The molecular formula is C15H22N2O2S. The van der Waals surface area contributed by atoms with Gasteiger partial charge in [0.1, 0.15) is 0 Å². The van der Waals surface area contributed by atoms with E-state index < -0.39 is 5.60 Å². The largest absolute Gasteiger partial charge is 0.388 e. The minimum Gasteiger partial charge on any atom is -0.388 e. The number of pyridine rings is 1. The van der Waals surface area contributed by atoms with Crippen molar-refractivity contribution < 1.29 is 9.90 Å². The molecule has 1 aromatic rings. The van der Waals surface area contributed by atoms with Crippen LogP contribution in [0, 0.1) is 5.92 Å². The molecule has 1 aromatic heterocycles. The van der Waals surface area contributed by atoms with Gasteiger partial charge in [-0.15, -0.1) is 11.8 Å². The summed E-state index contributed by atoms with van der Waals surface area (Å²) < 4.78 is 0. The molecule has 0 aromatic carbocycles. The lowest BCUT2D eigenvalue weighted by Crippen LogP contribution is -2.46. The molecule has 0 radical (unpaired) electrons. The van der Waals surface area contributed by atoms with Gasteiger partial charge in [-0.3, -0.25) is 9.78 Å². The molecule has 2 rings (SSSR count). The second-order valence-corrected chi connectivity index (χ2v) is 6.72. The van der Waals surface area contributed by atoms with E-state index >= 15 is 0 Å². The molecule has 2 unspecified atom stereocenters. The summed E-state index contributed by atoms with van der Waals surface area (Å²) in [6.07, 6.45) is 7.21. The molecular weight excluding hydrogens is 272 g/mol. The number of hydrogen-bond donors (Lipinski definition) is 2. The van der Waals surface area contributed by atoms with Gasteiger partial charge in [0, 0.05) is 23.8 Å². The number of carbonyl (C=O) groups excluding carboxylic acids is 1. The molecule has 1 aliphatic rings. The Kier molecular flexibility index (Phi) is 5.43. The Morgan fingerprint density at radius 3 is 3.00 bits per heavy atom. The number of hydrogen-bond acceptors (Lipinski definition) is 4. The van der Waals surface area contributed by atoms with Crippen LogP contribution in [0.1, 0.15) is 32.6 Å². The van der Waals surface area contributed by atoms with Crippen LogP contribution in [0.4, 0.5) is 0 Å². The van der Waals surface area contributed by atoms with Crippen LogP contribution in [0.25, 0.3) is 0 Å². The Hall–Kier alpha value is -1.07. The minimum atomic E-state index is -0.714. The van der Waals surface area contributed by atoms with Gasteiger partial charge < -0.3 is 10.4 Å². The van der Waals surface area contributed by atoms with E-state index in [1.54, 1.807) is 12.4 Å². The molecule has 4 nitrogen and oxygen atoms in total. The van der Waals surface area contributed by atoms with Gasteiger partial charge in [0.2, 0.25) is 5.91 Å². The van der Waals surface area contributed by atoms with Crippen LogP contribution in [0.5, 0.6) is 0 Å². The van der Waals surface area contributed by atoms with E-state index in [2.05, 4.69) is 17.2 Å². The zero-order chi connectivity index (χ0) is 14.4. The SMILES string of the molecule is CC1CCCC(O)(CNC(=O)CSc2ccncc2)C1. The number of rotatable bonds is 5. The smallest absolute Gasteiger partial charge is 0.230 e. The fraction of sp³-hybridized carbons (Fsp3) is 0.600. The van der Waals surface area contributed by atoms with Gasteiger partial charge in [0.25, 0.3) is 0 Å². The van der Waals surface area contributed by atoms with Gasteiger partial charge in [-0.05, 0) is 30.9 Å². The molecule has 0 spiro atoms. The number of amides is 1. The maximum absolute atomic E-state index is 11.8. The fourth-order valence-electron chi connectivity index (χ4n) is 2.69. The molecule has 1 amide bonds. The number of aliphatic hydroxyl groups is 1. The van der Waals surface area contributed by atoms with Crippen LogP contribution in [0.15, 0.2) is 29.4 Å². The molecule has 0 bridgehead atoms. The second-order valence-electron chi connectivity index (χ2n) is 5.67. The third kappa shape index (κ3) is 4.80. The van der Waals surface area contributed by atoms with Crippen molar-refractivity contribution in [1.29, 1.82) is 0 Å². The number of carbonyl (C=O) groups is 1. The number of nitrogens with zero attached hydrogens (tertiary/aromatic N) is 1. The molecule has 1 heterocycles. The van der Waals surface area contributed by atoms with Crippen molar-refractivity contribution in [1.82, 2.24) is 10.3 Å². The first-order valence-electron chi connectivity index (χ1n) is 7.09. The Morgan fingerprint density at radius 2 is 2.30 bits per heavy atom.